The quantitative estimate of drug-likeness (QED) is 0.347. The maximum absolute atomic E-state index is 13.3. The monoisotopic (exact) mass is 468 g/mol. The highest BCUT2D eigenvalue weighted by Gasteiger charge is 2.36. The normalized spacial score (nSPS) is 20.3. The molecular formula is C31H48O3. The van der Waals surface area contributed by atoms with Crippen LogP contribution in [0.2, 0.25) is 0 Å². The summed E-state index contributed by atoms with van der Waals surface area (Å²) < 4.78 is 0. The minimum atomic E-state index is -0.0651. The van der Waals surface area contributed by atoms with Gasteiger partial charge in [0.25, 0.3) is 0 Å². The Kier molecular flexibility index (Phi) is 10.7. The Balaban J connectivity index is 0.00000129. The second-order valence-electron chi connectivity index (χ2n) is 11.4. The van der Waals surface area contributed by atoms with E-state index in [-0.39, 0.29) is 35.2 Å². The maximum atomic E-state index is 13.3. The van der Waals surface area contributed by atoms with E-state index in [0.717, 1.165) is 50.5 Å². The van der Waals surface area contributed by atoms with Crippen LogP contribution in [0.1, 0.15) is 133 Å². The van der Waals surface area contributed by atoms with Crippen LogP contribution in [0.4, 0.5) is 0 Å². The lowest BCUT2D eigenvalue weighted by atomic mass is 9.67. The van der Waals surface area contributed by atoms with Gasteiger partial charge in [-0.25, -0.2) is 0 Å². The average molecular weight is 469 g/mol. The van der Waals surface area contributed by atoms with E-state index in [1.165, 1.54) is 36.5 Å². The van der Waals surface area contributed by atoms with Crippen molar-refractivity contribution in [2.45, 2.75) is 125 Å². The number of carbonyl (C=O) groups excluding carboxylic acids is 3. The third-order valence-corrected chi connectivity index (χ3v) is 7.76. The Morgan fingerprint density at radius 1 is 1.09 bits per heavy atom. The summed E-state index contributed by atoms with van der Waals surface area (Å²) in [4.78, 5) is 37.6. The number of rotatable bonds is 9. The standard InChI is InChI=1S/C28H40O3.C3H8/c1-6-9-20(22(7-2)25(30)14-18(3)29)15-19-16-21-11-12-24-23(27(21)26(31)17-19)10-8-13-28(24,4)5;1-3-2/h11-12,19-20,22H,6-10,13-17H2,1-5H3;3H2,1-2H3. The summed E-state index contributed by atoms with van der Waals surface area (Å²) in [7, 11) is 0. The summed E-state index contributed by atoms with van der Waals surface area (Å²) in [5.74, 6) is 0.840. The molecule has 0 aromatic heterocycles. The molecule has 0 bridgehead atoms. The van der Waals surface area contributed by atoms with E-state index in [1.54, 1.807) is 0 Å². The molecule has 190 valence electrons. The molecule has 0 radical (unpaired) electrons. The molecule has 1 aromatic rings. The van der Waals surface area contributed by atoms with Crippen LogP contribution >= 0.6 is 0 Å². The van der Waals surface area contributed by atoms with Crippen molar-refractivity contribution in [2.75, 3.05) is 0 Å². The lowest BCUT2D eigenvalue weighted by molar-refractivity contribution is -0.129. The van der Waals surface area contributed by atoms with Crippen molar-refractivity contribution in [1.82, 2.24) is 0 Å². The first-order valence-electron chi connectivity index (χ1n) is 13.8. The molecule has 3 nitrogen and oxygen atoms in total. The average Bonchev–Trinajstić information content (AvgIpc) is 2.73. The molecule has 3 rings (SSSR count). The molecule has 0 saturated carbocycles. The molecule has 3 unspecified atom stereocenters. The van der Waals surface area contributed by atoms with Crippen molar-refractivity contribution in [3.8, 4) is 0 Å². The lowest BCUT2D eigenvalue weighted by Gasteiger charge is -2.37. The van der Waals surface area contributed by atoms with Crippen LogP contribution in [-0.4, -0.2) is 17.3 Å². The lowest BCUT2D eigenvalue weighted by Crippen LogP contribution is -2.31. The molecule has 0 N–H and O–H groups in total. The second kappa shape index (κ2) is 12.8. The topological polar surface area (TPSA) is 51.2 Å². The van der Waals surface area contributed by atoms with Gasteiger partial charge in [0, 0.05) is 17.9 Å². The minimum absolute atomic E-state index is 0.0480. The van der Waals surface area contributed by atoms with Crippen LogP contribution in [-0.2, 0) is 27.8 Å². The van der Waals surface area contributed by atoms with Crippen LogP contribution < -0.4 is 0 Å². The molecule has 0 aliphatic heterocycles. The van der Waals surface area contributed by atoms with Crippen LogP contribution in [0.5, 0.6) is 0 Å². The number of Topliss-reactive ketones (excluding diaryl/α,β-unsaturated/α-hetero) is 3. The van der Waals surface area contributed by atoms with Crippen LogP contribution in [0, 0.1) is 17.8 Å². The minimum Gasteiger partial charge on any atom is -0.300 e. The number of carbonyl (C=O) groups is 3. The summed E-state index contributed by atoms with van der Waals surface area (Å²) in [6, 6.07) is 4.48. The molecule has 3 heteroatoms. The number of fused-ring (bicyclic) bond motifs is 3. The maximum Gasteiger partial charge on any atom is 0.163 e. The predicted molar refractivity (Wildman–Crippen MR) is 142 cm³/mol. The van der Waals surface area contributed by atoms with E-state index in [0.29, 0.717) is 18.1 Å². The first kappa shape index (κ1) is 28.5. The molecule has 0 fully saturated rings. The van der Waals surface area contributed by atoms with Crippen LogP contribution in [0.25, 0.3) is 0 Å². The van der Waals surface area contributed by atoms with Gasteiger partial charge in [-0.3, -0.25) is 14.4 Å². The summed E-state index contributed by atoms with van der Waals surface area (Å²) in [5.41, 5.74) is 5.07. The van der Waals surface area contributed by atoms with E-state index in [9.17, 15) is 14.4 Å². The predicted octanol–water partition coefficient (Wildman–Crippen LogP) is 7.84. The fraction of sp³-hybridized carbons (Fsp3) is 0.710. The van der Waals surface area contributed by atoms with Crippen LogP contribution in [0.15, 0.2) is 12.1 Å². The zero-order valence-electron chi connectivity index (χ0n) is 22.9. The van der Waals surface area contributed by atoms with Gasteiger partial charge in [-0.05, 0) is 79.4 Å². The highest BCUT2D eigenvalue weighted by atomic mass is 16.1. The molecule has 34 heavy (non-hydrogen) atoms. The summed E-state index contributed by atoms with van der Waals surface area (Å²) >= 11 is 0. The van der Waals surface area contributed by atoms with Gasteiger partial charge in [0.1, 0.15) is 11.6 Å². The molecule has 2 aliphatic carbocycles. The third-order valence-electron chi connectivity index (χ3n) is 7.76. The van der Waals surface area contributed by atoms with E-state index in [4.69, 9.17) is 0 Å². The molecule has 2 aliphatic rings. The van der Waals surface area contributed by atoms with Crippen molar-refractivity contribution < 1.29 is 14.4 Å². The van der Waals surface area contributed by atoms with Gasteiger partial charge < -0.3 is 0 Å². The Morgan fingerprint density at radius 2 is 1.76 bits per heavy atom. The van der Waals surface area contributed by atoms with Gasteiger partial charge in [0.2, 0.25) is 0 Å². The van der Waals surface area contributed by atoms with Crippen molar-refractivity contribution in [1.29, 1.82) is 0 Å². The fourth-order valence-electron chi connectivity index (χ4n) is 6.35. The van der Waals surface area contributed by atoms with E-state index in [1.807, 2.05) is 0 Å². The molecule has 0 heterocycles. The van der Waals surface area contributed by atoms with Gasteiger partial charge in [0.15, 0.2) is 5.78 Å². The molecular weight excluding hydrogens is 420 g/mol. The van der Waals surface area contributed by atoms with Gasteiger partial charge in [0.05, 0.1) is 6.42 Å². The Morgan fingerprint density at radius 3 is 2.35 bits per heavy atom. The van der Waals surface area contributed by atoms with Gasteiger partial charge in [-0.1, -0.05) is 72.9 Å². The molecule has 1 aromatic carbocycles. The van der Waals surface area contributed by atoms with E-state index in [2.05, 4.69) is 53.7 Å². The molecule has 0 saturated heterocycles. The van der Waals surface area contributed by atoms with Gasteiger partial charge in [-0.15, -0.1) is 0 Å². The van der Waals surface area contributed by atoms with Gasteiger partial charge >= 0.3 is 0 Å². The van der Waals surface area contributed by atoms with Gasteiger partial charge in [-0.2, -0.15) is 0 Å². The number of hydrogen-bond acceptors (Lipinski definition) is 3. The fourth-order valence-corrected chi connectivity index (χ4v) is 6.35. The van der Waals surface area contributed by atoms with Crippen molar-refractivity contribution >= 4 is 17.3 Å². The van der Waals surface area contributed by atoms with Crippen molar-refractivity contribution in [2.24, 2.45) is 17.8 Å². The Hall–Kier alpha value is -1.77. The Labute approximate surface area is 208 Å². The Bertz CT molecular complexity index is 864. The molecule has 0 amide bonds. The summed E-state index contributed by atoms with van der Waals surface area (Å²) in [5, 5.41) is 0. The van der Waals surface area contributed by atoms with Crippen molar-refractivity contribution in [3.05, 3.63) is 34.4 Å². The zero-order chi connectivity index (χ0) is 25.5. The number of hydrogen-bond donors (Lipinski definition) is 0. The van der Waals surface area contributed by atoms with Crippen molar-refractivity contribution in [3.63, 3.8) is 0 Å². The third kappa shape index (κ3) is 6.89. The first-order chi connectivity index (χ1) is 16.1. The van der Waals surface area contributed by atoms with Crippen LogP contribution in [0.3, 0.4) is 0 Å². The molecule has 0 spiro atoms. The SMILES string of the molecule is CCC.CCCC(CC1CC(=O)c2c(ccc3c2CCCC3(C)C)C1)C(CC)C(=O)CC(C)=O. The number of benzene rings is 1. The van der Waals surface area contributed by atoms with E-state index >= 15 is 0 Å². The summed E-state index contributed by atoms with van der Waals surface area (Å²) in [6.45, 7) is 14.6. The number of ketones is 3. The largest absolute Gasteiger partial charge is 0.300 e. The highest BCUT2D eigenvalue weighted by molar-refractivity contribution is 6.01. The zero-order valence-corrected chi connectivity index (χ0v) is 22.9. The second-order valence-corrected chi connectivity index (χ2v) is 11.4. The van der Waals surface area contributed by atoms with E-state index < -0.39 is 0 Å². The summed E-state index contributed by atoms with van der Waals surface area (Å²) in [6.07, 6.45) is 9.88. The first-order valence-corrected chi connectivity index (χ1v) is 13.8. The smallest absolute Gasteiger partial charge is 0.163 e. The highest BCUT2D eigenvalue weighted by Crippen LogP contribution is 2.42. The molecule has 3 atom stereocenters.